The Morgan fingerprint density at radius 2 is 1.31 bits per heavy atom. The zero-order chi connectivity index (χ0) is 38.5. The zero-order valence-corrected chi connectivity index (χ0v) is 31.9. The molecule has 2 saturated carbocycles. The first-order valence-corrected chi connectivity index (χ1v) is 19.9. The number of carbonyl (C=O) groups is 2. The number of nitrogens with zero attached hydrogens (tertiary/aromatic N) is 1. The van der Waals surface area contributed by atoms with E-state index in [2.05, 4.69) is 10.6 Å². The van der Waals surface area contributed by atoms with Gasteiger partial charge in [-0.15, -0.1) is 0 Å². The maximum atomic E-state index is 14.0. The van der Waals surface area contributed by atoms with Gasteiger partial charge in [-0.3, -0.25) is 9.59 Å². The van der Waals surface area contributed by atoms with E-state index in [0.29, 0.717) is 28.1 Å². The molecular weight excluding hydrogens is 682 g/mol. The minimum atomic E-state index is -1.18. The molecule has 0 unspecified atom stereocenters. The van der Waals surface area contributed by atoms with Crippen molar-refractivity contribution in [1.82, 2.24) is 9.88 Å². The molecule has 6 rings (SSSR count). The lowest BCUT2D eigenvalue weighted by molar-refractivity contribution is -0.139. The summed E-state index contributed by atoms with van der Waals surface area (Å²) in [5.74, 6) is -1.93. The number of hydrogen-bond donors (Lipinski definition) is 5. The summed E-state index contributed by atoms with van der Waals surface area (Å²) in [5.41, 5.74) is 4.77. The summed E-state index contributed by atoms with van der Waals surface area (Å²) < 4.78 is 16.0. The van der Waals surface area contributed by atoms with Crippen LogP contribution in [0.1, 0.15) is 119 Å². The van der Waals surface area contributed by atoms with Crippen molar-refractivity contribution in [2.45, 2.75) is 134 Å². The summed E-state index contributed by atoms with van der Waals surface area (Å²) in [5, 5.41) is 36.6. The number of rotatable bonds is 14. The molecule has 4 aromatic rings. The average molecular weight is 740 g/mol. The number of carboxylic acids is 1. The van der Waals surface area contributed by atoms with Gasteiger partial charge in [0.25, 0.3) is 5.91 Å². The summed E-state index contributed by atoms with van der Waals surface area (Å²) in [6.07, 6.45) is 12.1. The van der Waals surface area contributed by atoms with Crippen LogP contribution in [0.2, 0.25) is 0 Å². The molecule has 2 atom stereocenters. The van der Waals surface area contributed by atoms with Crippen molar-refractivity contribution >= 4 is 17.6 Å². The van der Waals surface area contributed by atoms with Gasteiger partial charge in [0.2, 0.25) is 0 Å². The second-order valence-corrected chi connectivity index (χ2v) is 15.2. The number of para-hydroxylation sites is 1. The predicted molar refractivity (Wildman–Crippen MR) is 214 cm³/mol. The zero-order valence-electron chi connectivity index (χ0n) is 31.9. The highest BCUT2D eigenvalue weighted by atomic mass is 19.1. The molecule has 9 heteroatoms. The molecule has 1 heterocycles. The average Bonchev–Trinajstić information content (AvgIpc) is 3.51. The van der Waals surface area contributed by atoms with Crippen LogP contribution >= 0.6 is 0 Å². The first-order valence-electron chi connectivity index (χ1n) is 19.9. The van der Waals surface area contributed by atoms with Crippen LogP contribution in [-0.4, -0.2) is 56.1 Å². The fourth-order valence-corrected chi connectivity index (χ4v) is 8.07. The summed E-state index contributed by atoms with van der Waals surface area (Å²) in [4.78, 5) is 25.0. The number of anilines is 1. The van der Waals surface area contributed by atoms with Gasteiger partial charge in [0.15, 0.2) is 0 Å². The molecular formula is C45H58FN3O5. The van der Waals surface area contributed by atoms with Crippen LogP contribution in [0, 0.1) is 5.82 Å². The minimum Gasteiger partial charge on any atom is -0.481 e. The Morgan fingerprint density at radius 3 is 1.85 bits per heavy atom. The van der Waals surface area contributed by atoms with Gasteiger partial charge in [0, 0.05) is 35.6 Å². The molecule has 0 bridgehead atoms. The van der Waals surface area contributed by atoms with Gasteiger partial charge in [-0.25, -0.2) is 4.39 Å². The van der Waals surface area contributed by atoms with E-state index in [-0.39, 0.29) is 37.0 Å². The minimum absolute atomic E-state index is 0.0939. The summed E-state index contributed by atoms with van der Waals surface area (Å²) >= 11 is 0. The summed E-state index contributed by atoms with van der Waals surface area (Å²) in [6, 6.07) is 26.5. The Kier molecular flexibility index (Phi) is 15.4. The number of nitrogens with one attached hydrogen (secondary N) is 2. The van der Waals surface area contributed by atoms with Crippen LogP contribution in [0.25, 0.3) is 22.4 Å². The molecule has 2 fully saturated rings. The molecule has 1 amide bonds. The number of benzene rings is 3. The highest BCUT2D eigenvalue weighted by molar-refractivity contribution is 6.12. The molecule has 8 nitrogen and oxygen atoms in total. The molecule has 5 N–H and O–H groups in total. The van der Waals surface area contributed by atoms with Crippen molar-refractivity contribution in [2.75, 3.05) is 5.32 Å². The number of hydrogen-bond acceptors (Lipinski definition) is 5. The lowest BCUT2D eigenvalue weighted by Gasteiger charge is -2.30. The van der Waals surface area contributed by atoms with Crippen molar-refractivity contribution in [3.05, 3.63) is 102 Å². The first-order chi connectivity index (χ1) is 26.1. The van der Waals surface area contributed by atoms with Crippen LogP contribution in [-0.2, 0) is 11.3 Å². The topological polar surface area (TPSA) is 124 Å². The predicted octanol–water partition coefficient (Wildman–Crippen LogP) is 9.56. The van der Waals surface area contributed by atoms with Gasteiger partial charge in [-0.2, -0.15) is 0 Å². The van der Waals surface area contributed by atoms with E-state index >= 15 is 0 Å². The number of aromatic nitrogens is 1. The molecule has 3 aromatic carbocycles. The first kappa shape index (κ1) is 40.9. The quantitative estimate of drug-likeness (QED) is 0.0878. The standard InChI is InChI=1S/C33H35FN2O5.C12H23N/c1-21(2)31-30(33(41)35-25-11-7-4-8-12-25)29(22-9-5-3-6-10-22)32(23-13-15-24(34)16-14-23)36(31)18-17-26(37)19-27(38)20-28(39)40;1-3-7-11(8-4-1)13-12-9-5-2-6-10-12/h3-16,21,26-27,37-38H,17-20H2,1-2H3,(H,35,41)(H,39,40);11-13H,1-10H2/t26-,27-;/m1./s1. The fraction of sp³-hybridized carbons (Fsp3) is 0.467. The maximum absolute atomic E-state index is 14.0. The van der Waals surface area contributed by atoms with Crippen molar-refractivity contribution < 1.29 is 29.3 Å². The highest BCUT2D eigenvalue weighted by Crippen LogP contribution is 2.42. The second-order valence-electron chi connectivity index (χ2n) is 15.2. The number of aliphatic carboxylic acids is 1. The molecule has 0 spiro atoms. The lowest BCUT2D eigenvalue weighted by Crippen LogP contribution is -2.40. The normalized spacial score (nSPS) is 16.3. The van der Waals surface area contributed by atoms with Gasteiger partial charge < -0.3 is 30.5 Å². The molecule has 54 heavy (non-hydrogen) atoms. The van der Waals surface area contributed by atoms with E-state index in [1.165, 1.54) is 76.3 Å². The molecule has 290 valence electrons. The Morgan fingerprint density at radius 1 is 0.759 bits per heavy atom. The molecule has 0 aliphatic heterocycles. The number of halogens is 1. The smallest absolute Gasteiger partial charge is 0.305 e. The third kappa shape index (κ3) is 11.6. The van der Waals surface area contributed by atoms with E-state index in [1.54, 1.807) is 12.1 Å². The third-order valence-electron chi connectivity index (χ3n) is 10.6. The van der Waals surface area contributed by atoms with Crippen LogP contribution in [0.5, 0.6) is 0 Å². The van der Waals surface area contributed by atoms with Crippen LogP contribution in [0.4, 0.5) is 10.1 Å². The van der Waals surface area contributed by atoms with E-state index < -0.39 is 24.6 Å². The summed E-state index contributed by atoms with van der Waals surface area (Å²) in [6.45, 7) is 4.25. The highest BCUT2D eigenvalue weighted by Gasteiger charge is 2.31. The van der Waals surface area contributed by atoms with Gasteiger partial charge in [-0.05, 0) is 92.0 Å². The monoisotopic (exact) mass is 739 g/mol. The molecule has 2 aliphatic rings. The molecule has 2 aliphatic carbocycles. The number of amides is 1. The van der Waals surface area contributed by atoms with Crippen LogP contribution in [0.15, 0.2) is 84.9 Å². The van der Waals surface area contributed by atoms with E-state index in [4.69, 9.17) is 5.11 Å². The number of carbonyl (C=O) groups excluding carboxylic acids is 1. The van der Waals surface area contributed by atoms with Crippen molar-refractivity contribution in [3.63, 3.8) is 0 Å². The van der Waals surface area contributed by atoms with Gasteiger partial charge in [0.05, 0.1) is 29.9 Å². The van der Waals surface area contributed by atoms with Crippen molar-refractivity contribution in [3.8, 4) is 22.4 Å². The van der Waals surface area contributed by atoms with Crippen LogP contribution in [0.3, 0.4) is 0 Å². The largest absolute Gasteiger partial charge is 0.481 e. The SMILES string of the molecule is C1CCC(NC2CCCCC2)CC1.CC(C)c1c(C(=O)Nc2ccccc2)c(-c2ccccc2)c(-c2ccc(F)cc2)n1CC[C@@H](O)C[C@@H](O)CC(=O)O. The molecule has 1 aromatic heterocycles. The van der Waals surface area contributed by atoms with Gasteiger partial charge in [0.1, 0.15) is 5.82 Å². The van der Waals surface area contributed by atoms with E-state index in [0.717, 1.165) is 23.3 Å². The van der Waals surface area contributed by atoms with Gasteiger partial charge in [-0.1, -0.05) is 101 Å². The Hall–Kier alpha value is -4.31. The van der Waals surface area contributed by atoms with Crippen molar-refractivity contribution in [2.24, 2.45) is 0 Å². The third-order valence-corrected chi connectivity index (χ3v) is 10.6. The van der Waals surface area contributed by atoms with Crippen molar-refractivity contribution in [1.29, 1.82) is 0 Å². The lowest BCUT2D eigenvalue weighted by atomic mass is 9.91. The number of aliphatic hydroxyl groups is 2. The van der Waals surface area contributed by atoms with Gasteiger partial charge >= 0.3 is 5.97 Å². The second kappa shape index (κ2) is 20.4. The van der Waals surface area contributed by atoms with E-state index in [9.17, 15) is 24.2 Å². The molecule has 0 radical (unpaired) electrons. The fourth-order valence-electron chi connectivity index (χ4n) is 8.07. The van der Waals surface area contributed by atoms with Crippen LogP contribution < -0.4 is 10.6 Å². The summed E-state index contributed by atoms with van der Waals surface area (Å²) in [7, 11) is 0. The number of carboxylic acid groups (broad SMARTS) is 1. The number of aliphatic hydroxyl groups excluding tert-OH is 2. The Labute approximate surface area is 319 Å². The molecule has 0 saturated heterocycles. The maximum Gasteiger partial charge on any atom is 0.305 e. The van der Waals surface area contributed by atoms with E-state index in [1.807, 2.05) is 79.1 Å². The Balaban J connectivity index is 0.000000360. The Bertz CT molecular complexity index is 1730.